The predicted octanol–water partition coefficient (Wildman–Crippen LogP) is 2.11. The largest absolute Gasteiger partial charge is 0.481 e. The van der Waals surface area contributed by atoms with Crippen LogP contribution in [0.15, 0.2) is 18.2 Å². The van der Waals surface area contributed by atoms with Gasteiger partial charge in [0, 0.05) is 13.1 Å². The van der Waals surface area contributed by atoms with Gasteiger partial charge in [0.1, 0.15) is 0 Å². The molecule has 1 aromatic carbocycles. The number of carbonyl (C=O) groups excluding carboxylic acids is 1. The van der Waals surface area contributed by atoms with Crippen LogP contribution >= 0.6 is 0 Å². The molecule has 21 heavy (non-hydrogen) atoms. The van der Waals surface area contributed by atoms with E-state index >= 15 is 0 Å². The molecule has 0 radical (unpaired) electrons. The first kappa shape index (κ1) is 15.8. The Morgan fingerprint density at radius 3 is 2.57 bits per heavy atom. The van der Waals surface area contributed by atoms with E-state index in [0.29, 0.717) is 13.0 Å². The quantitative estimate of drug-likeness (QED) is 0.905. The lowest BCUT2D eigenvalue weighted by Crippen LogP contribution is -2.35. The normalized spacial score (nSPS) is 15.6. The van der Waals surface area contributed by atoms with Crippen molar-refractivity contribution in [3.8, 4) is 5.75 Å². The maximum atomic E-state index is 13.8. The van der Waals surface area contributed by atoms with Gasteiger partial charge in [-0.3, -0.25) is 4.79 Å². The van der Waals surface area contributed by atoms with Gasteiger partial charge in [-0.2, -0.15) is 0 Å². The lowest BCUT2D eigenvalue weighted by molar-refractivity contribution is -0.133. The fourth-order valence-electron chi connectivity index (χ4n) is 2.53. The van der Waals surface area contributed by atoms with Gasteiger partial charge in [-0.1, -0.05) is 18.9 Å². The smallest absolute Gasteiger partial charge is 0.260 e. The molecule has 0 aromatic heterocycles. The molecule has 2 N–H and O–H groups in total. The number of nitrogens with zero attached hydrogens (tertiary/aromatic N) is 1. The van der Waals surface area contributed by atoms with Crippen molar-refractivity contribution in [2.45, 2.75) is 32.1 Å². The minimum absolute atomic E-state index is 0.0673. The van der Waals surface area contributed by atoms with Gasteiger partial charge in [0.2, 0.25) is 0 Å². The fourth-order valence-corrected chi connectivity index (χ4v) is 2.53. The molecule has 116 valence electrons. The maximum Gasteiger partial charge on any atom is 0.260 e. The number of benzene rings is 1. The number of hydrogen-bond donors (Lipinski definition) is 1. The average Bonchev–Trinajstić information content (AvgIpc) is 2.75. The van der Waals surface area contributed by atoms with Gasteiger partial charge >= 0.3 is 0 Å². The molecule has 1 aromatic rings. The third-order valence-electron chi connectivity index (χ3n) is 3.74. The average molecular weight is 294 g/mol. The highest BCUT2D eigenvalue weighted by molar-refractivity contribution is 5.77. The molecule has 0 unspecified atom stereocenters. The molecule has 0 aliphatic carbocycles. The molecule has 1 aliphatic rings. The van der Waals surface area contributed by atoms with Crippen molar-refractivity contribution in [1.29, 1.82) is 0 Å². The van der Waals surface area contributed by atoms with Gasteiger partial charge in [-0.05, 0) is 43.5 Å². The molecular formula is C16H23FN2O2. The van der Waals surface area contributed by atoms with E-state index < -0.39 is 5.82 Å². The molecule has 0 bridgehead atoms. The Bertz CT molecular complexity index is 471. The number of halogens is 1. The zero-order valence-electron chi connectivity index (χ0n) is 12.3. The van der Waals surface area contributed by atoms with Crippen molar-refractivity contribution >= 4 is 5.91 Å². The van der Waals surface area contributed by atoms with Crippen LogP contribution in [0.5, 0.6) is 5.75 Å². The molecule has 1 heterocycles. The number of ether oxygens (including phenoxy) is 1. The predicted molar refractivity (Wildman–Crippen MR) is 79.7 cm³/mol. The van der Waals surface area contributed by atoms with E-state index in [2.05, 4.69) is 0 Å². The molecule has 5 heteroatoms. The highest BCUT2D eigenvalue weighted by atomic mass is 19.1. The van der Waals surface area contributed by atoms with Crippen LogP contribution in [-0.4, -0.2) is 37.0 Å². The molecule has 1 fully saturated rings. The third-order valence-corrected chi connectivity index (χ3v) is 3.74. The summed E-state index contributed by atoms with van der Waals surface area (Å²) < 4.78 is 19.2. The molecule has 1 saturated heterocycles. The fraction of sp³-hybridized carbons (Fsp3) is 0.562. The first-order valence-electron chi connectivity index (χ1n) is 7.60. The molecular weight excluding hydrogens is 271 g/mol. The molecule has 1 aliphatic heterocycles. The Labute approximate surface area is 125 Å². The monoisotopic (exact) mass is 294 g/mol. The van der Waals surface area contributed by atoms with Crippen molar-refractivity contribution in [2.75, 3.05) is 26.2 Å². The zero-order valence-corrected chi connectivity index (χ0v) is 12.3. The highest BCUT2D eigenvalue weighted by Crippen LogP contribution is 2.19. The van der Waals surface area contributed by atoms with Gasteiger partial charge in [0.25, 0.3) is 5.91 Å². The van der Waals surface area contributed by atoms with Crippen molar-refractivity contribution in [3.05, 3.63) is 29.6 Å². The van der Waals surface area contributed by atoms with Crippen LogP contribution in [0.3, 0.4) is 0 Å². The van der Waals surface area contributed by atoms with E-state index in [1.165, 1.54) is 18.9 Å². The summed E-state index contributed by atoms with van der Waals surface area (Å²) in [5.74, 6) is -0.383. The van der Waals surface area contributed by atoms with Crippen LogP contribution in [0.25, 0.3) is 0 Å². The zero-order chi connectivity index (χ0) is 15.1. The number of nitrogens with two attached hydrogens (primary N) is 1. The first-order chi connectivity index (χ1) is 10.2. The molecule has 0 spiro atoms. The van der Waals surface area contributed by atoms with Crippen LogP contribution in [0.2, 0.25) is 0 Å². The Morgan fingerprint density at radius 2 is 1.95 bits per heavy atom. The lowest BCUT2D eigenvalue weighted by atomic mass is 10.1. The second kappa shape index (κ2) is 7.98. The van der Waals surface area contributed by atoms with E-state index in [0.717, 1.165) is 31.5 Å². The van der Waals surface area contributed by atoms with Gasteiger partial charge in [0.15, 0.2) is 18.2 Å². The molecule has 4 nitrogen and oxygen atoms in total. The van der Waals surface area contributed by atoms with E-state index in [4.69, 9.17) is 10.5 Å². The van der Waals surface area contributed by atoms with Crippen molar-refractivity contribution in [1.82, 2.24) is 4.90 Å². The van der Waals surface area contributed by atoms with Crippen molar-refractivity contribution < 1.29 is 13.9 Å². The summed E-state index contributed by atoms with van der Waals surface area (Å²) in [6.07, 6.45) is 5.04. The molecule has 0 atom stereocenters. The summed E-state index contributed by atoms with van der Waals surface area (Å²) in [4.78, 5) is 13.9. The van der Waals surface area contributed by atoms with Crippen LogP contribution in [0.1, 0.15) is 31.2 Å². The van der Waals surface area contributed by atoms with Gasteiger partial charge in [-0.25, -0.2) is 4.39 Å². The lowest BCUT2D eigenvalue weighted by Gasteiger charge is -2.20. The summed E-state index contributed by atoms with van der Waals surface area (Å²) in [7, 11) is 0. The number of likely N-dealkylation sites (tertiary alicyclic amines) is 1. The Kier molecular flexibility index (Phi) is 5.99. The second-order valence-electron chi connectivity index (χ2n) is 5.39. The van der Waals surface area contributed by atoms with Crippen LogP contribution in [0, 0.1) is 5.82 Å². The van der Waals surface area contributed by atoms with Gasteiger partial charge in [-0.15, -0.1) is 0 Å². The van der Waals surface area contributed by atoms with Crippen molar-refractivity contribution in [2.24, 2.45) is 5.73 Å². The van der Waals surface area contributed by atoms with E-state index in [9.17, 15) is 9.18 Å². The summed E-state index contributed by atoms with van der Waals surface area (Å²) in [6.45, 7) is 1.93. The van der Waals surface area contributed by atoms with E-state index in [1.54, 1.807) is 12.1 Å². The summed E-state index contributed by atoms with van der Waals surface area (Å²) in [5, 5.41) is 0. The number of carbonyl (C=O) groups is 1. The standard InChI is InChI=1S/C16H23FN2O2/c17-14-11-13(7-8-18)5-6-15(14)21-12-16(20)19-9-3-1-2-4-10-19/h5-6,11H,1-4,7-10,12,18H2. The summed E-state index contributed by atoms with van der Waals surface area (Å²) in [5.41, 5.74) is 6.27. The number of amides is 1. The van der Waals surface area contributed by atoms with Crippen LogP contribution in [0.4, 0.5) is 4.39 Å². The Morgan fingerprint density at radius 1 is 1.24 bits per heavy atom. The van der Waals surface area contributed by atoms with Gasteiger partial charge < -0.3 is 15.4 Å². The van der Waals surface area contributed by atoms with Gasteiger partial charge in [0.05, 0.1) is 0 Å². The first-order valence-corrected chi connectivity index (χ1v) is 7.60. The minimum atomic E-state index is -0.440. The molecule has 2 rings (SSSR count). The van der Waals surface area contributed by atoms with Crippen molar-refractivity contribution in [3.63, 3.8) is 0 Å². The maximum absolute atomic E-state index is 13.8. The SMILES string of the molecule is NCCc1ccc(OCC(=O)N2CCCCCC2)c(F)c1. The highest BCUT2D eigenvalue weighted by Gasteiger charge is 2.16. The number of hydrogen-bond acceptors (Lipinski definition) is 3. The summed E-state index contributed by atoms with van der Waals surface area (Å²) in [6, 6.07) is 4.76. The second-order valence-corrected chi connectivity index (χ2v) is 5.39. The summed E-state index contributed by atoms with van der Waals surface area (Å²) >= 11 is 0. The molecule has 1 amide bonds. The van der Waals surface area contributed by atoms with Crippen LogP contribution in [-0.2, 0) is 11.2 Å². The molecule has 0 saturated carbocycles. The number of rotatable bonds is 5. The Balaban J connectivity index is 1.88. The third kappa shape index (κ3) is 4.70. The van der Waals surface area contributed by atoms with E-state index in [-0.39, 0.29) is 18.3 Å². The van der Waals surface area contributed by atoms with Crippen LogP contribution < -0.4 is 10.5 Å². The van der Waals surface area contributed by atoms with E-state index in [1.807, 2.05) is 4.90 Å². The minimum Gasteiger partial charge on any atom is -0.481 e. The Hall–Kier alpha value is -1.62. The topological polar surface area (TPSA) is 55.6 Å².